The molecule has 2 heterocycles. The number of nitrogens with zero attached hydrogens (tertiary/aromatic N) is 2. The van der Waals surface area contributed by atoms with Crippen LogP contribution in [-0.2, 0) is 0 Å². The van der Waals surface area contributed by atoms with Crippen LogP contribution in [0, 0.1) is 0 Å². The van der Waals surface area contributed by atoms with Gasteiger partial charge in [0, 0.05) is 11.3 Å². The maximum Gasteiger partial charge on any atom is 0.276 e. The van der Waals surface area contributed by atoms with Gasteiger partial charge in [-0.2, -0.15) is 0 Å². The summed E-state index contributed by atoms with van der Waals surface area (Å²) >= 11 is 0. The molecule has 0 aliphatic carbocycles. The quantitative estimate of drug-likeness (QED) is 0.505. The molecule has 4 aromatic rings. The largest absolute Gasteiger partial charge is 0.357 e. The second kappa shape index (κ2) is 6.79. The number of amides is 2. The number of H-pyrrole nitrogens is 1. The number of hydrogen-bond acceptors (Lipinski definition) is 4. The first kappa shape index (κ1) is 17.0. The molecule has 0 spiro atoms. The van der Waals surface area contributed by atoms with Crippen LogP contribution in [0.25, 0.3) is 11.0 Å². The number of aromatic amines is 1. The van der Waals surface area contributed by atoms with E-state index < -0.39 is 6.17 Å². The van der Waals surface area contributed by atoms with Gasteiger partial charge in [-0.25, -0.2) is 9.99 Å². The van der Waals surface area contributed by atoms with Crippen molar-refractivity contribution in [3.8, 4) is 0 Å². The number of rotatable bonds is 3. The summed E-state index contributed by atoms with van der Waals surface area (Å²) < 4.78 is 0. The number of carbonyl (C=O) groups excluding carboxylic acids is 2. The summed E-state index contributed by atoms with van der Waals surface area (Å²) in [6.45, 7) is 0. The number of imidazole rings is 1. The maximum absolute atomic E-state index is 13.2. The zero-order chi connectivity index (χ0) is 19.8. The molecule has 1 unspecified atom stereocenters. The maximum atomic E-state index is 13.2. The van der Waals surface area contributed by atoms with Crippen molar-refractivity contribution < 1.29 is 9.59 Å². The van der Waals surface area contributed by atoms with Gasteiger partial charge >= 0.3 is 0 Å². The number of nitrogens with one attached hydrogen (secondary N) is 3. The highest BCUT2D eigenvalue weighted by molar-refractivity contribution is 6.04. The smallest absolute Gasteiger partial charge is 0.276 e. The van der Waals surface area contributed by atoms with Crippen LogP contribution in [0.15, 0.2) is 78.9 Å². The Morgan fingerprint density at radius 2 is 1.66 bits per heavy atom. The van der Waals surface area contributed by atoms with Gasteiger partial charge in [0.2, 0.25) is 0 Å². The third kappa shape index (κ3) is 2.98. The Morgan fingerprint density at radius 3 is 2.48 bits per heavy atom. The fraction of sp³-hybridized carbons (Fsp3) is 0.0455. The molecule has 29 heavy (non-hydrogen) atoms. The molecule has 1 aromatic heterocycles. The molecule has 7 heteroatoms. The molecule has 2 amide bonds. The lowest BCUT2D eigenvalue weighted by molar-refractivity contribution is 0.0483. The Kier molecular flexibility index (Phi) is 3.98. The van der Waals surface area contributed by atoms with Crippen molar-refractivity contribution >= 4 is 28.5 Å². The summed E-state index contributed by atoms with van der Waals surface area (Å²) in [5.74, 6) is -0.155. The van der Waals surface area contributed by atoms with Crippen LogP contribution in [0.4, 0.5) is 5.69 Å². The van der Waals surface area contributed by atoms with Gasteiger partial charge < -0.3 is 10.3 Å². The van der Waals surface area contributed by atoms with Crippen molar-refractivity contribution in [3.63, 3.8) is 0 Å². The highest BCUT2D eigenvalue weighted by Gasteiger charge is 2.36. The molecule has 0 saturated heterocycles. The monoisotopic (exact) mass is 383 g/mol. The van der Waals surface area contributed by atoms with Crippen molar-refractivity contribution in [3.05, 3.63) is 95.8 Å². The number of carbonyl (C=O) groups is 2. The summed E-state index contributed by atoms with van der Waals surface area (Å²) in [5, 5.41) is 4.60. The second-order valence-corrected chi connectivity index (χ2v) is 6.71. The Labute approximate surface area is 166 Å². The van der Waals surface area contributed by atoms with E-state index in [1.54, 1.807) is 36.4 Å². The number of aromatic nitrogens is 2. The van der Waals surface area contributed by atoms with E-state index in [1.807, 2.05) is 42.5 Å². The Hall–Kier alpha value is -4.13. The molecule has 0 fully saturated rings. The second-order valence-electron chi connectivity index (χ2n) is 6.71. The predicted octanol–water partition coefficient (Wildman–Crippen LogP) is 3.47. The van der Waals surface area contributed by atoms with Crippen molar-refractivity contribution in [2.45, 2.75) is 6.17 Å². The number of fused-ring (bicyclic) bond motifs is 2. The first-order chi connectivity index (χ1) is 14.2. The van der Waals surface area contributed by atoms with Crippen molar-refractivity contribution in [1.82, 2.24) is 20.4 Å². The molecule has 3 aromatic carbocycles. The molecule has 142 valence electrons. The van der Waals surface area contributed by atoms with Gasteiger partial charge in [-0.3, -0.25) is 15.0 Å². The van der Waals surface area contributed by atoms with E-state index in [0.717, 1.165) is 11.0 Å². The van der Waals surface area contributed by atoms with Crippen molar-refractivity contribution in [2.24, 2.45) is 0 Å². The third-order valence-electron chi connectivity index (χ3n) is 4.85. The lowest BCUT2D eigenvalue weighted by Gasteiger charge is -2.36. The number of anilines is 1. The number of hydrazine groups is 1. The van der Waals surface area contributed by atoms with E-state index in [2.05, 4.69) is 20.7 Å². The number of hydrogen-bond donors (Lipinski definition) is 3. The van der Waals surface area contributed by atoms with E-state index in [-0.39, 0.29) is 11.8 Å². The van der Waals surface area contributed by atoms with Crippen LogP contribution in [0.2, 0.25) is 0 Å². The van der Waals surface area contributed by atoms with Crippen LogP contribution >= 0.6 is 0 Å². The van der Waals surface area contributed by atoms with E-state index in [1.165, 1.54) is 5.01 Å². The standard InChI is InChI=1S/C22H17N5O2/c28-21(14-8-2-1-3-9-14)26-27-20(19-23-17-12-6-7-13-18(17)24-19)25-16-11-5-4-10-15(16)22(27)29/h1-13,20,25H,(H,23,24)(H,26,28). The summed E-state index contributed by atoms with van der Waals surface area (Å²) in [5.41, 5.74) is 6.00. The van der Waals surface area contributed by atoms with E-state index in [4.69, 9.17) is 0 Å². The molecule has 5 rings (SSSR count). The van der Waals surface area contributed by atoms with E-state index in [9.17, 15) is 9.59 Å². The normalized spacial score (nSPS) is 15.7. The summed E-state index contributed by atoms with van der Waals surface area (Å²) in [6, 6.07) is 23.6. The van der Waals surface area contributed by atoms with Gasteiger partial charge in [0.05, 0.1) is 16.6 Å². The fourth-order valence-electron chi connectivity index (χ4n) is 3.43. The number of para-hydroxylation sites is 3. The topological polar surface area (TPSA) is 90.1 Å². The summed E-state index contributed by atoms with van der Waals surface area (Å²) in [6.07, 6.45) is -0.683. The molecule has 3 N–H and O–H groups in total. The third-order valence-corrected chi connectivity index (χ3v) is 4.85. The van der Waals surface area contributed by atoms with Crippen LogP contribution < -0.4 is 10.7 Å². The predicted molar refractivity (Wildman–Crippen MR) is 109 cm³/mol. The molecule has 1 aliphatic rings. The molecular weight excluding hydrogens is 366 g/mol. The Balaban J connectivity index is 1.56. The molecule has 0 radical (unpaired) electrons. The minimum Gasteiger partial charge on any atom is -0.357 e. The van der Waals surface area contributed by atoms with Crippen LogP contribution in [0.5, 0.6) is 0 Å². The lowest BCUT2D eigenvalue weighted by atomic mass is 10.1. The molecule has 0 saturated carbocycles. The highest BCUT2D eigenvalue weighted by Crippen LogP contribution is 2.31. The Morgan fingerprint density at radius 1 is 0.931 bits per heavy atom. The van der Waals surface area contributed by atoms with Gasteiger partial charge in [0.1, 0.15) is 0 Å². The van der Waals surface area contributed by atoms with Crippen molar-refractivity contribution in [1.29, 1.82) is 0 Å². The summed E-state index contributed by atoms with van der Waals surface area (Å²) in [7, 11) is 0. The van der Waals surface area contributed by atoms with Crippen LogP contribution in [0.1, 0.15) is 32.7 Å². The molecule has 7 nitrogen and oxygen atoms in total. The minimum atomic E-state index is -0.683. The van der Waals surface area contributed by atoms with E-state index >= 15 is 0 Å². The van der Waals surface area contributed by atoms with Gasteiger partial charge in [-0.1, -0.05) is 42.5 Å². The lowest BCUT2D eigenvalue weighted by Crippen LogP contribution is -2.53. The SMILES string of the molecule is O=C(NN1C(=O)c2ccccc2NC1c1nc2ccccc2[nH]1)c1ccccc1. The molecule has 1 aliphatic heterocycles. The fourth-order valence-corrected chi connectivity index (χ4v) is 3.43. The first-order valence-electron chi connectivity index (χ1n) is 9.20. The Bertz CT molecular complexity index is 1190. The molecule has 1 atom stereocenters. The molecule has 0 bridgehead atoms. The average molecular weight is 383 g/mol. The van der Waals surface area contributed by atoms with Gasteiger partial charge in [0.15, 0.2) is 12.0 Å². The van der Waals surface area contributed by atoms with E-state index in [0.29, 0.717) is 22.6 Å². The average Bonchev–Trinajstić information content (AvgIpc) is 3.20. The van der Waals surface area contributed by atoms with Crippen molar-refractivity contribution in [2.75, 3.05) is 5.32 Å². The zero-order valence-electron chi connectivity index (χ0n) is 15.3. The van der Waals surface area contributed by atoms with Gasteiger partial charge in [-0.05, 0) is 36.4 Å². The molecular formula is C22H17N5O2. The van der Waals surface area contributed by atoms with Crippen LogP contribution in [-0.4, -0.2) is 26.8 Å². The number of benzene rings is 3. The minimum absolute atomic E-state index is 0.311. The first-order valence-corrected chi connectivity index (χ1v) is 9.20. The van der Waals surface area contributed by atoms with Crippen LogP contribution in [0.3, 0.4) is 0 Å². The highest BCUT2D eigenvalue weighted by atomic mass is 16.2. The zero-order valence-corrected chi connectivity index (χ0v) is 15.3. The van der Waals surface area contributed by atoms with Gasteiger partial charge in [-0.15, -0.1) is 0 Å². The van der Waals surface area contributed by atoms with Gasteiger partial charge in [0.25, 0.3) is 11.8 Å². The summed E-state index contributed by atoms with van der Waals surface area (Å²) in [4.78, 5) is 33.8.